The molecule has 0 aliphatic carbocycles. The van der Waals surface area contributed by atoms with Crippen molar-refractivity contribution in [3.8, 4) is 11.5 Å². The maximum absolute atomic E-state index is 10.7. The molecular formula is C10H16ClN3O4. The zero-order valence-electron chi connectivity index (χ0n) is 9.83. The van der Waals surface area contributed by atoms with Crippen LogP contribution in [0.5, 0.6) is 11.5 Å². The summed E-state index contributed by atoms with van der Waals surface area (Å²) in [6, 6.07) is 1.82. The van der Waals surface area contributed by atoms with Crippen LogP contribution in [-0.2, 0) is 0 Å². The molecule has 0 bridgehead atoms. The number of nitrogens with zero attached hydrogens (tertiary/aromatic N) is 1. The highest BCUT2D eigenvalue weighted by molar-refractivity contribution is 5.85. The van der Waals surface area contributed by atoms with Crippen LogP contribution in [0.3, 0.4) is 0 Å². The highest BCUT2D eigenvalue weighted by Crippen LogP contribution is 2.37. The van der Waals surface area contributed by atoms with Gasteiger partial charge in [-0.2, -0.15) is 0 Å². The van der Waals surface area contributed by atoms with Crippen LogP contribution in [-0.4, -0.2) is 23.7 Å². The van der Waals surface area contributed by atoms with Crippen molar-refractivity contribution in [2.75, 3.05) is 13.7 Å². The fraction of sp³-hybridized carbons (Fsp3) is 0.400. The van der Waals surface area contributed by atoms with Gasteiger partial charge in [0.1, 0.15) is 0 Å². The quantitative estimate of drug-likeness (QED) is 0.546. The molecule has 1 aromatic rings. The van der Waals surface area contributed by atoms with Gasteiger partial charge in [-0.1, -0.05) is 0 Å². The smallest absolute Gasteiger partial charge is 0.273 e. The van der Waals surface area contributed by atoms with Gasteiger partial charge in [0.05, 0.1) is 18.1 Å². The van der Waals surface area contributed by atoms with Crippen LogP contribution in [0.1, 0.15) is 18.0 Å². The van der Waals surface area contributed by atoms with Gasteiger partial charge in [0, 0.05) is 17.7 Å². The number of hydrogen-bond donors (Lipinski definition) is 3. The average molecular weight is 278 g/mol. The van der Waals surface area contributed by atoms with Crippen LogP contribution in [0.25, 0.3) is 0 Å². The third kappa shape index (κ3) is 3.46. The SMILES string of the molecule is COc1cc([N+](=O)[O-])cc([C@H](N)CCN)c1O.Cl. The van der Waals surface area contributed by atoms with Crippen molar-refractivity contribution in [2.45, 2.75) is 12.5 Å². The number of nitro groups is 1. The first-order chi connectivity index (χ1) is 8.01. The summed E-state index contributed by atoms with van der Waals surface area (Å²) >= 11 is 0. The van der Waals surface area contributed by atoms with E-state index in [9.17, 15) is 15.2 Å². The van der Waals surface area contributed by atoms with E-state index in [1.165, 1.54) is 13.2 Å². The monoisotopic (exact) mass is 277 g/mol. The first-order valence-electron chi connectivity index (χ1n) is 5.02. The normalized spacial score (nSPS) is 11.5. The predicted octanol–water partition coefficient (Wildman–Crippen LogP) is 1.08. The third-order valence-corrected chi connectivity index (χ3v) is 2.40. The summed E-state index contributed by atoms with van der Waals surface area (Å²) in [6.45, 7) is 0.325. The molecule has 0 amide bonds. The molecular weight excluding hydrogens is 262 g/mol. The maximum atomic E-state index is 10.7. The van der Waals surface area contributed by atoms with E-state index in [4.69, 9.17) is 16.2 Å². The number of phenols is 1. The summed E-state index contributed by atoms with van der Waals surface area (Å²) in [5.41, 5.74) is 11.2. The molecule has 1 rings (SSSR count). The summed E-state index contributed by atoms with van der Waals surface area (Å²) < 4.78 is 4.86. The lowest BCUT2D eigenvalue weighted by Gasteiger charge is -2.14. The topological polar surface area (TPSA) is 125 Å². The van der Waals surface area contributed by atoms with Crippen LogP contribution in [0.2, 0.25) is 0 Å². The molecule has 5 N–H and O–H groups in total. The van der Waals surface area contributed by atoms with E-state index < -0.39 is 11.0 Å². The van der Waals surface area contributed by atoms with Gasteiger partial charge in [-0.05, 0) is 13.0 Å². The molecule has 7 nitrogen and oxygen atoms in total. The van der Waals surface area contributed by atoms with Gasteiger partial charge >= 0.3 is 0 Å². The Morgan fingerprint density at radius 3 is 2.61 bits per heavy atom. The lowest BCUT2D eigenvalue weighted by molar-refractivity contribution is -0.385. The molecule has 0 heterocycles. The number of phenolic OH excluding ortho intramolecular Hbond substituents is 1. The minimum atomic E-state index is -0.569. The molecule has 0 aliphatic rings. The van der Waals surface area contributed by atoms with Crippen LogP contribution in [0.4, 0.5) is 5.69 Å². The van der Waals surface area contributed by atoms with Crippen molar-refractivity contribution in [1.82, 2.24) is 0 Å². The standard InChI is InChI=1S/C10H15N3O4.ClH/c1-17-9-5-6(13(15)16)4-7(10(9)14)8(12)2-3-11;/h4-5,8,14H,2-3,11-12H2,1H3;1H/t8-;/m1./s1. The second kappa shape index (κ2) is 7.00. The molecule has 0 aliphatic heterocycles. The largest absolute Gasteiger partial charge is 0.504 e. The zero-order valence-corrected chi connectivity index (χ0v) is 10.6. The molecule has 0 aromatic heterocycles. The molecule has 0 saturated carbocycles. The molecule has 0 saturated heterocycles. The second-order valence-corrected chi connectivity index (χ2v) is 3.53. The molecule has 0 fully saturated rings. The number of methoxy groups -OCH3 is 1. The first-order valence-corrected chi connectivity index (χ1v) is 5.02. The van der Waals surface area contributed by atoms with Gasteiger partial charge in [-0.25, -0.2) is 0 Å². The van der Waals surface area contributed by atoms with E-state index in [2.05, 4.69) is 0 Å². The van der Waals surface area contributed by atoms with Crippen LogP contribution in [0, 0.1) is 10.1 Å². The minimum Gasteiger partial charge on any atom is -0.504 e. The van der Waals surface area contributed by atoms with Gasteiger partial charge in [0.25, 0.3) is 5.69 Å². The lowest BCUT2D eigenvalue weighted by Crippen LogP contribution is -2.15. The number of nitro benzene ring substituents is 1. The molecule has 18 heavy (non-hydrogen) atoms. The average Bonchev–Trinajstić information content (AvgIpc) is 2.29. The maximum Gasteiger partial charge on any atom is 0.273 e. The highest BCUT2D eigenvalue weighted by atomic mass is 35.5. The number of hydrogen-bond acceptors (Lipinski definition) is 6. The Hall–Kier alpha value is -1.57. The van der Waals surface area contributed by atoms with Crippen molar-refractivity contribution in [3.05, 3.63) is 27.8 Å². The van der Waals surface area contributed by atoms with Gasteiger partial charge in [0.15, 0.2) is 11.5 Å². The Balaban J connectivity index is 0.00000289. The molecule has 102 valence electrons. The lowest BCUT2D eigenvalue weighted by atomic mass is 10.0. The third-order valence-electron chi connectivity index (χ3n) is 2.40. The van der Waals surface area contributed by atoms with E-state index in [0.717, 1.165) is 6.07 Å². The Labute approximate surface area is 110 Å². The number of nitrogens with two attached hydrogens (primary N) is 2. The van der Waals surface area contributed by atoms with Crippen LogP contribution >= 0.6 is 12.4 Å². The fourth-order valence-electron chi connectivity index (χ4n) is 1.49. The summed E-state index contributed by atoms with van der Waals surface area (Å²) in [7, 11) is 1.32. The Morgan fingerprint density at radius 2 is 2.17 bits per heavy atom. The van der Waals surface area contributed by atoms with Crippen molar-refractivity contribution in [3.63, 3.8) is 0 Å². The minimum absolute atomic E-state index is 0. The van der Waals surface area contributed by atoms with Crippen molar-refractivity contribution < 1.29 is 14.8 Å². The fourth-order valence-corrected chi connectivity index (χ4v) is 1.49. The van der Waals surface area contributed by atoms with E-state index in [1.807, 2.05) is 0 Å². The van der Waals surface area contributed by atoms with E-state index in [1.54, 1.807) is 0 Å². The van der Waals surface area contributed by atoms with Gasteiger partial charge in [0.2, 0.25) is 0 Å². The molecule has 1 aromatic carbocycles. The Morgan fingerprint density at radius 1 is 1.56 bits per heavy atom. The van der Waals surface area contributed by atoms with Gasteiger partial charge in [-0.15, -0.1) is 12.4 Å². The molecule has 0 radical (unpaired) electrons. The summed E-state index contributed by atoms with van der Waals surface area (Å²) in [6.07, 6.45) is 0.415. The highest BCUT2D eigenvalue weighted by Gasteiger charge is 2.20. The van der Waals surface area contributed by atoms with E-state index >= 15 is 0 Å². The first kappa shape index (κ1) is 16.4. The number of non-ortho nitro benzene ring substituents is 1. The van der Waals surface area contributed by atoms with Crippen molar-refractivity contribution in [1.29, 1.82) is 0 Å². The molecule has 0 spiro atoms. The molecule has 0 unspecified atom stereocenters. The summed E-state index contributed by atoms with van der Waals surface area (Å²) in [5.74, 6) is -0.152. The van der Waals surface area contributed by atoms with Crippen LogP contribution in [0.15, 0.2) is 12.1 Å². The number of aromatic hydroxyl groups is 1. The second-order valence-electron chi connectivity index (χ2n) is 3.53. The van der Waals surface area contributed by atoms with Gasteiger partial charge in [-0.3, -0.25) is 10.1 Å². The van der Waals surface area contributed by atoms with E-state index in [0.29, 0.717) is 13.0 Å². The number of halogens is 1. The number of rotatable bonds is 5. The van der Waals surface area contributed by atoms with E-state index in [-0.39, 0.29) is 35.2 Å². The molecule has 1 atom stereocenters. The van der Waals surface area contributed by atoms with Crippen molar-refractivity contribution in [2.24, 2.45) is 11.5 Å². The number of benzene rings is 1. The predicted molar refractivity (Wildman–Crippen MR) is 69.2 cm³/mol. The van der Waals surface area contributed by atoms with Crippen molar-refractivity contribution >= 4 is 18.1 Å². The summed E-state index contributed by atoms with van der Waals surface area (Å²) in [4.78, 5) is 10.1. The van der Waals surface area contributed by atoms with Gasteiger partial charge < -0.3 is 21.3 Å². The van der Waals surface area contributed by atoms with Crippen LogP contribution < -0.4 is 16.2 Å². The summed E-state index contributed by atoms with van der Waals surface area (Å²) in [5, 5.41) is 20.5. The Bertz CT molecular complexity index is 428. The molecule has 8 heteroatoms. The zero-order chi connectivity index (χ0) is 13.0. The Kier molecular flexibility index (Phi) is 6.39. The number of ether oxygens (including phenoxy) is 1.